The van der Waals surface area contributed by atoms with Crippen LogP contribution in [-0.4, -0.2) is 29.1 Å². The molecule has 0 atom stereocenters. The molecule has 7 nitrogen and oxygen atoms in total. The van der Waals surface area contributed by atoms with E-state index in [4.69, 9.17) is 4.18 Å². The summed E-state index contributed by atoms with van der Waals surface area (Å²) in [5, 5.41) is 1.31. The average Bonchev–Trinajstić information content (AvgIpc) is 2.90. The van der Waals surface area contributed by atoms with E-state index < -0.39 is 20.2 Å². The molecule has 0 aliphatic carbocycles. The average molecular weight is 563 g/mol. The first kappa shape index (κ1) is 31.3. The lowest BCUT2D eigenvalue weighted by atomic mass is 10.1. The molecule has 3 rings (SSSR count). The second-order valence-electron chi connectivity index (χ2n) is 8.96. The van der Waals surface area contributed by atoms with Crippen molar-refractivity contribution in [3.63, 3.8) is 0 Å². The lowest BCUT2D eigenvalue weighted by molar-refractivity contribution is -0.120. The summed E-state index contributed by atoms with van der Waals surface area (Å²) >= 11 is 0. The molecule has 9 heteroatoms. The Bertz CT molecular complexity index is 1300. The molecule has 0 unspecified atom stereocenters. The van der Waals surface area contributed by atoms with Crippen LogP contribution in [0.25, 0.3) is 10.8 Å². The van der Waals surface area contributed by atoms with Gasteiger partial charge in [0.2, 0.25) is 0 Å². The lowest BCUT2D eigenvalue weighted by Crippen LogP contribution is -2.13. The Morgan fingerprint density at radius 3 is 1.84 bits per heavy atom. The minimum atomic E-state index is -4.00. The van der Waals surface area contributed by atoms with Crippen LogP contribution in [0.4, 0.5) is 0 Å². The molecule has 0 radical (unpaired) electrons. The highest BCUT2D eigenvalue weighted by Gasteiger charge is 2.18. The van der Waals surface area contributed by atoms with E-state index in [0.717, 1.165) is 18.2 Å². The number of benzene rings is 3. The summed E-state index contributed by atoms with van der Waals surface area (Å²) in [6.07, 6.45) is 11.9. The molecule has 0 aliphatic heterocycles. The third kappa shape index (κ3) is 11.6. The molecule has 0 saturated heterocycles. The molecule has 3 aromatic rings. The van der Waals surface area contributed by atoms with Gasteiger partial charge in [-0.15, -0.1) is 0 Å². The van der Waals surface area contributed by atoms with E-state index in [0.29, 0.717) is 17.6 Å². The highest BCUT2D eigenvalue weighted by atomic mass is 32.2. The molecule has 0 spiro atoms. The van der Waals surface area contributed by atoms with Crippen LogP contribution in [0.3, 0.4) is 0 Å². The fourth-order valence-corrected chi connectivity index (χ4v) is 5.90. The summed E-state index contributed by atoms with van der Waals surface area (Å²) in [5.41, 5.74) is 0. The van der Waals surface area contributed by atoms with Crippen LogP contribution in [0.2, 0.25) is 0 Å². The van der Waals surface area contributed by atoms with E-state index in [1.165, 1.54) is 51.0 Å². The fourth-order valence-electron chi connectivity index (χ4n) is 3.95. The molecule has 0 fully saturated rings. The van der Waals surface area contributed by atoms with Gasteiger partial charge in [-0.05, 0) is 30.0 Å². The van der Waals surface area contributed by atoms with Crippen LogP contribution in [0, 0.1) is 0 Å². The summed E-state index contributed by atoms with van der Waals surface area (Å²) in [7, 11) is -7.45. The third-order valence-electron chi connectivity index (χ3n) is 5.90. The number of carbonyl (C=O) groups excluding carboxylic acids is 1. The fraction of sp³-hybridized carbons (Fsp3) is 0.414. The SMILES string of the molecule is CCCCCCCCCCCCS(=O)(=O)Oc1ccccc1.O=COS(=O)(=O)c1cccc2ccccc12. The number of para-hydroxylation sites is 1. The van der Waals surface area contributed by atoms with Crippen LogP contribution in [0.5, 0.6) is 5.75 Å². The molecule has 0 bridgehead atoms. The minimum absolute atomic E-state index is 0.00213. The van der Waals surface area contributed by atoms with Crippen LogP contribution < -0.4 is 4.18 Å². The largest absolute Gasteiger partial charge is 0.382 e. The molecule has 0 saturated carbocycles. The normalized spacial score (nSPS) is 11.4. The zero-order chi connectivity index (χ0) is 27.7. The number of unbranched alkanes of at least 4 members (excludes halogenated alkanes) is 9. The van der Waals surface area contributed by atoms with Gasteiger partial charge in [0.15, 0.2) is 0 Å². The van der Waals surface area contributed by atoms with E-state index in [2.05, 4.69) is 11.1 Å². The monoisotopic (exact) mass is 562 g/mol. The molecule has 208 valence electrons. The van der Waals surface area contributed by atoms with Gasteiger partial charge < -0.3 is 8.37 Å². The van der Waals surface area contributed by atoms with E-state index in [1.54, 1.807) is 60.7 Å². The molecule has 0 amide bonds. The Labute approximate surface area is 227 Å². The maximum absolute atomic E-state index is 11.8. The van der Waals surface area contributed by atoms with Gasteiger partial charge in [0.05, 0.1) is 5.75 Å². The Balaban J connectivity index is 0.000000279. The number of hydrogen-bond acceptors (Lipinski definition) is 7. The summed E-state index contributed by atoms with van der Waals surface area (Å²) in [6, 6.07) is 20.5. The van der Waals surface area contributed by atoms with Crippen molar-refractivity contribution in [1.29, 1.82) is 0 Å². The first-order chi connectivity index (χ1) is 18.3. The zero-order valence-corrected chi connectivity index (χ0v) is 23.6. The van der Waals surface area contributed by atoms with E-state index >= 15 is 0 Å². The molecule has 0 heterocycles. The van der Waals surface area contributed by atoms with Gasteiger partial charge in [0, 0.05) is 5.39 Å². The third-order valence-corrected chi connectivity index (χ3v) is 8.36. The van der Waals surface area contributed by atoms with Gasteiger partial charge >= 0.3 is 26.7 Å². The zero-order valence-electron chi connectivity index (χ0n) is 22.0. The van der Waals surface area contributed by atoms with Gasteiger partial charge in [-0.2, -0.15) is 16.8 Å². The van der Waals surface area contributed by atoms with Gasteiger partial charge in [-0.3, -0.25) is 4.79 Å². The first-order valence-electron chi connectivity index (χ1n) is 13.1. The summed E-state index contributed by atoms with van der Waals surface area (Å²) in [5.74, 6) is 0.507. The topological polar surface area (TPSA) is 104 Å². The van der Waals surface area contributed by atoms with Crippen LogP contribution in [0.15, 0.2) is 77.7 Å². The molecule has 38 heavy (non-hydrogen) atoms. The van der Waals surface area contributed by atoms with Crippen LogP contribution in [0.1, 0.15) is 71.1 Å². The Kier molecular flexibility index (Phi) is 13.9. The maximum Gasteiger partial charge on any atom is 0.342 e. The van der Waals surface area contributed by atoms with Crippen LogP contribution in [-0.2, 0) is 29.2 Å². The highest BCUT2D eigenvalue weighted by molar-refractivity contribution is 7.87. The van der Waals surface area contributed by atoms with E-state index in [1.807, 2.05) is 6.07 Å². The minimum Gasteiger partial charge on any atom is -0.382 e. The Hall–Kier alpha value is -2.91. The van der Waals surface area contributed by atoms with Crippen molar-refractivity contribution in [2.45, 2.75) is 76.0 Å². The van der Waals surface area contributed by atoms with Gasteiger partial charge in [-0.25, -0.2) is 0 Å². The number of carbonyl (C=O) groups is 1. The number of fused-ring (bicyclic) bond motifs is 1. The summed E-state index contributed by atoms with van der Waals surface area (Å²) in [6.45, 7) is 2.15. The second kappa shape index (κ2) is 16.8. The van der Waals surface area contributed by atoms with Crippen molar-refractivity contribution in [2.75, 3.05) is 5.75 Å². The van der Waals surface area contributed by atoms with Gasteiger partial charge in [-0.1, -0.05) is 119 Å². The molecule has 0 aliphatic rings. The molecular formula is C29H38O7S2. The molecule has 0 N–H and O–H groups in total. The maximum atomic E-state index is 11.8. The molecule has 0 aromatic heterocycles. The number of hydrogen-bond donors (Lipinski definition) is 0. The second-order valence-corrected chi connectivity index (χ2v) is 12.2. The first-order valence-corrected chi connectivity index (χ1v) is 16.1. The van der Waals surface area contributed by atoms with Crippen molar-refractivity contribution < 1.29 is 30.0 Å². The molecular weight excluding hydrogens is 524 g/mol. The predicted octanol–water partition coefficient (Wildman–Crippen LogP) is 7.02. The number of rotatable bonds is 16. The summed E-state index contributed by atoms with van der Waals surface area (Å²) in [4.78, 5) is 10.1. The Morgan fingerprint density at radius 2 is 1.21 bits per heavy atom. The highest BCUT2D eigenvalue weighted by Crippen LogP contribution is 2.23. The van der Waals surface area contributed by atoms with Crippen LogP contribution >= 0.6 is 0 Å². The summed E-state index contributed by atoms with van der Waals surface area (Å²) < 4.78 is 56.0. The van der Waals surface area contributed by atoms with E-state index in [9.17, 15) is 21.6 Å². The van der Waals surface area contributed by atoms with E-state index in [-0.39, 0.29) is 17.1 Å². The quantitative estimate of drug-likeness (QED) is 0.105. The molecule has 3 aromatic carbocycles. The van der Waals surface area contributed by atoms with Crippen molar-refractivity contribution in [3.8, 4) is 5.75 Å². The predicted molar refractivity (Wildman–Crippen MR) is 151 cm³/mol. The standard InChI is InChI=1S/C18H30O3S.C11H8O4S/c1-2-3-4-5-6-7-8-9-10-14-17-22(19,20)21-18-15-12-11-13-16-18;12-8-15-16(13,14)11-7-3-5-9-4-1-2-6-10(9)11/h11-13,15-16H,2-10,14,17H2,1H3;1-8H. The van der Waals surface area contributed by atoms with Gasteiger partial charge in [0.25, 0.3) is 0 Å². The smallest absolute Gasteiger partial charge is 0.342 e. The Morgan fingerprint density at radius 1 is 0.658 bits per heavy atom. The van der Waals surface area contributed by atoms with Crippen molar-refractivity contribution in [3.05, 3.63) is 72.8 Å². The lowest BCUT2D eigenvalue weighted by Gasteiger charge is -2.06. The van der Waals surface area contributed by atoms with Crippen molar-refractivity contribution in [2.24, 2.45) is 0 Å². The van der Waals surface area contributed by atoms with Gasteiger partial charge in [0.1, 0.15) is 10.6 Å². The van der Waals surface area contributed by atoms with Crippen molar-refractivity contribution >= 4 is 37.5 Å². The van der Waals surface area contributed by atoms with Crippen molar-refractivity contribution in [1.82, 2.24) is 0 Å².